The van der Waals surface area contributed by atoms with Crippen molar-refractivity contribution >= 4 is 34.4 Å². The Morgan fingerprint density at radius 2 is 1.84 bits per heavy atom. The number of carboxylic acids is 1. The van der Waals surface area contributed by atoms with Gasteiger partial charge in [0.2, 0.25) is 0 Å². The summed E-state index contributed by atoms with van der Waals surface area (Å²) in [5.74, 6) is 0.0605. The number of aryl methyl sites for hydroxylation is 1. The van der Waals surface area contributed by atoms with Gasteiger partial charge < -0.3 is 5.11 Å². The van der Waals surface area contributed by atoms with Crippen molar-refractivity contribution < 1.29 is 14.7 Å². The van der Waals surface area contributed by atoms with E-state index in [0.29, 0.717) is 17.6 Å². The van der Waals surface area contributed by atoms with E-state index < -0.39 is 5.97 Å². The number of aromatic nitrogens is 1. The van der Waals surface area contributed by atoms with Crippen molar-refractivity contribution in [3.05, 3.63) is 37.5 Å². The fraction of sp³-hybridized carbons (Fsp3) is 0.560. The highest BCUT2D eigenvalue weighted by atomic mass is 32.1. The predicted molar refractivity (Wildman–Crippen MR) is 125 cm³/mol. The Morgan fingerprint density at radius 1 is 1.13 bits per heavy atom. The summed E-state index contributed by atoms with van der Waals surface area (Å²) in [4.78, 5) is 32.9. The average Bonchev–Trinajstić information content (AvgIpc) is 3.35. The van der Waals surface area contributed by atoms with Crippen LogP contribution in [0.25, 0.3) is 10.6 Å². The zero-order chi connectivity index (χ0) is 21.7. The number of thiophene rings is 1. The first-order valence-electron chi connectivity index (χ1n) is 11.5. The van der Waals surface area contributed by atoms with Gasteiger partial charge in [0.05, 0.1) is 0 Å². The van der Waals surface area contributed by atoms with E-state index in [4.69, 9.17) is 4.98 Å². The average molecular weight is 456 g/mol. The van der Waals surface area contributed by atoms with Crippen molar-refractivity contribution in [1.82, 2.24) is 4.98 Å². The first-order valence-corrected chi connectivity index (χ1v) is 13.2. The topological polar surface area (TPSA) is 67.3 Å². The summed E-state index contributed by atoms with van der Waals surface area (Å²) in [5, 5.41) is 13.0. The van der Waals surface area contributed by atoms with Crippen LogP contribution < -0.4 is 0 Å². The van der Waals surface area contributed by atoms with Gasteiger partial charge in [-0.1, -0.05) is 13.3 Å². The lowest BCUT2D eigenvalue weighted by Crippen LogP contribution is -2.34. The highest BCUT2D eigenvalue weighted by Gasteiger charge is 2.41. The minimum absolute atomic E-state index is 0.0342. The van der Waals surface area contributed by atoms with E-state index in [1.165, 1.54) is 28.8 Å². The molecule has 4 nitrogen and oxygen atoms in total. The number of thiazole rings is 1. The maximum Gasteiger partial charge on any atom is 0.332 e. The van der Waals surface area contributed by atoms with Gasteiger partial charge in [-0.05, 0) is 75.2 Å². The molecule has 0 aliphatic heterocycles. The molecule has 164 valence electrons. The van der Waals surface area contributed by atoms with Crippen LogP contribution in [0.1, 0.15) is 66.5 Å². The first kappa shape index (κ1) is 21.1. The molecule has 2 aromatic heterocycles. The third kappa shape index (κ3) is 3.72. The van der Waals surface area contributed by atoms with Crippen LogP contribution in [0.2, 0.25) is 0 Å². The van der Waals surface area contributed by atoms with Crippen molar-refractivity contribution in [2.45, 2.75) is 71.6 Å². The summed E-state index contributed by atoms with van der Waals surface area (Å²) in [6, 6.07) is 0. The minimum Gasteiger partial charge on any atom is -0.478 e. The maximum absolute atomic E-state index is 13.6. The molecule has 0 aromatic carbocycles. The molecule has 2 aromatic rings. The number of Topliss-reactive ketones (excluding diaryl/α,β-unsaturated/α-hetero) is 1. The van der Waals surface area contributed by atoms with Crippen LogP contribution in [0.15, 0.2) is 16.5 Å². The molecule has 1 N–H and O–H groups in total. The summed E-state index contributed by atoms with van der Waals surface area (Å²) in [6.45, 7) is 4.27. The normalized spacial score (nSPS) is 25.0. The molecule has 2 bridgehead atoms. The highest BCUT2D eigenvalue weighted by molar-refractivity contribution is 7.15. The Hall–Kier alpha value is -1.79. The van der Waals surface area contributed by atoms with Crippen LogP contribution in [0.3, 0.4) is 0 Å². The van der Waals surface area contributed by atoms with Gasteiger partial charge in [-0.2, -0.15) is 0 Å². The standard InChI is InChI=1S/C25H29NO3S2/c1-3-14-4-9-17-19(10-14)31-20(23(17)24-26-13(2)12-30-24)11-18(27)21-15-5-7-16(8-6-15)22(21)25(28)29/h12,14-16H,3-11H2,1-2H3,(H,28,29)/t14-,15?,16?/m0/s1. The molecule has 1 saturated carbocycles. The highest BCUT2D eigenvalue weighted by Crippen LogP contribution is 2.48. The Kier molecular flexibility index (Phi) is 5.63. The third-order valence-corrected chi connectivity index (χ3v) is 9.77. The van der Waals surface area contributed by atoms with Crippen LogP contribution in [0.4, 0.5) is 0 Å². The van der Waals surface area contributed by atoms with Crippen molar-refractivity contribution in [3.8, 4) is 10.6 Å². The molecule has 0 spiro atoms. The SMILES string of the molecule is CC[C@H]1CCc2c(sc(CC(=O)C3=C(C(=O)O)C4CCC3CC4)c2-c2nc(C)cs2)C1. The molecule has 31 heavy (non-hydrogen) atoms. The molecule has 4 aliphatic rings. The van der Waals surface area contributed by atoms with Gasteiger partial charge in [-0.15, -0.1) is 22.7 Å². The van der Waals surface area contributed by atoms with E-state index in [-0.39, 0.29) is 17.6 Å². The van der Waals surface area contributed by atoms with Gasteiger partial charge in [0, 0.05) is 44.0 Å². The number of rotatable bonds is 6. The molecule has 6 heteroatoms. The van der Waals surface area contributed by atoms with Gasteiger partial charge >= 0.3 is 5.97 Å². The van der Waals surface area contributed by atoms with Gasteiger partial charge in [0.25, 0.3) is 0 Å². The summed E-state index contributed by atoms with van der Waals surface area (Å²) in [5.41, 5.74) is 4.64. The number of hydrogen-bond donors (Lipinski definition) is 1. The molecule has 0 unspecified atom stereocenters. The van der Waals surface area contributed by atoms with Crippen molar-refractivity contribution in [2.24, 2.45) is 17.8 Å². The summed E-state index contributed by atoms with van der Waals surface area (Å²) >= 11 is 3.44. The van der Waals surface area contributed by atoms with E-state index in [9.17, 15) is 14.7 Å². The Morgan fingerprint density at radius 3 is 2.45 bits per heavy atom. The number of carboxylic acid groups (broad SMARTS) is 1. The molecule has 6 rings (SSSR count). The molecule has 1 atom stereocenters. The summed E-state index contributed by atoms with van der Waals surface area (Å²) < 4.78 is 0. The molecular formula is C25H29NO3S2. The minimum atomic E-state index is -0.884. The summed E-state index contributed by atoms with van der Waals surface area (Å²) in [6.07, 6.45) is 8.60. The number of aliphatic carboxylic acids is 1. The number of hydrogen-bond acceptors (Lipinski definition) is 5. The number of ketones is 1. The van der Waals surface area contributed by atoms with Gasteiger partial charge in [-0.25, -0.2) is 9.78 Å². The van der Waals surface area contributed by atoms with Gasteiger partial charge in [0.15, 0.2) is 5.78 Å². The molecule has 4 aliphatic carbocycles. The predicted octanol–water partition coefficient (Wildman–Crippen LogP) is 6.01. The lowest BCUT2D eigenvalue weighted by molar-refractivity contribution is -0.134. The molecule has 1 fully saturated rings. The van der Waals surface area contributed by atoms with Crippen LogP contribution in [0, 0.1) is 24.7 Å². The summed E-state index contributed by atoms with van der Waals surface area (Å²) in [7, 11) is 0. The van der Waals surface area contributed by atoms with E-state index in [0.717, 1.165) is 60.0 Å². The Labute approximate surface area is 191 Å². The van der Waals surface area contributed by atoms with Crippen LogP contribution in [0.5, 0.6) is 0 Å². The number of fused-ring (bicyclic) bond motifs is 3. The quantitative estimate of drug-likeness (QED) is 0.579. The number of carbonyl (C=O) groups excluding carboxylic acids is 1. The zero-order valence-electron chi connectivity index (χ0n) is 18.2. The Bertz CT molecular complexity index is 1070. The second kappa shape index (κ2) is 8.28. The molecule has 0 amide bonds. The number of carbonyl (C=O) groups is 2. The van der Waals surface area contributed by atoms with E-state index in [1.807, 2.05) is 6.92 Å². The second-order valence-corrected chi connectivity index (χ2v) is 11.4. The van der Waals surface area contributed by atoms with E-state index in [2.05, 4.69) is 12.3 Å². The molecular weight excluding hydrogens is 426 g/mol. The van der Waals surface area contributed by atoms with E-state index >= 15 is 0 Å². The number of nitrogens with zero attached hydrogens (tertiary/aromatic N) is 1. The molecule has 0 radical (unpaired) electrons. The number of allylic oxidation sites excluding steroid dienone is 1. The van der Waals surface area contributed by atoms with Gasteiger partial charge in [0.1, 0.15) is 5.01 Å². The molecule has 0 saturated heterocycles. The third-order valence-electron chi connectivity index (χ3n) is 7.54. The van der Waals surface area contributed by atoms with Crippen molar-refractivity contribution in [3.63, 3.8) is 0 Å². The maximum atomic E-state index is 13.6. The second-order valence-electron chi connectivity index (χ2n) is 9.39. The zero-order valence-corrected chi connectivity index (χ0v) is 19.8. The van der Waals surface area contributed by atoms with Gasteiger partial charge in [-0.3, -0.25) is 4.79 Å². The Balaban J connectivity index is 1.55. The van der Waals surface area contributed by atoms with E-state index in [1.54, 1.807) is 22.7 Å². The van der Waals surface area contributed by atoms with Crippen molar-refractivity contribution in [2.75, 3.05) is 0 Å². The fourth-order valence-corrected chi connectivity index (χ4v) is 8.35. The van der Waals surface area contributed by atoms with Crippen LogP contribution in [-0.4, -0.2) is 21.8 Å². The van der Waals surface area contributed by atoms with Crippen molar-refractivity contribution in [1.29, 1.82) is 0 Å². The fourth-order valence-electron chi connectivity index (χ4n) is 5.92. The monoisotopic (exact) mass is 455 g/mol. The smallest absolute Gasteiger partial charge is 0.332 e. The van der Waals surface area contributed by atoms with Crippen LogP contribution >= 0.6 is 22.7 Å². The first-order chi connectivity index (χ1) is 15.0. The van der Waals surface area contributed by atoms with Crippen LogP contribution in [-0.2, 0) is 28.9 Å². The lowest BCUT2D eigenvalue weighted by atomic mass is 9.65. The lowest BCUT2D eigenvalue weighted by Gasteiger charge is -2.38. The molecule has 2 heterocycles. The largest absolute Gasteiger partial charge is 0.478 e.